The summed E-state index contributed by atoms with van der Waals surface area (Å²) >= 11 is 0. The van der Waals surface area contributed by atoms with E-state index in [1.807, 2.05) is 24.3 Å². The maximum absolute atomic E-state index is 13.1. The number of ether oxygens (including phenoxy) is 2. The number of hydrogen-bond acceptors (Lipinski definition) is 5. The number of methoxy groups -OCH3 is 1. The van der Waals surface area contributed by atoms with Crippen molar-refractivity contribution in [1.29, 1.82) is 0 Å². The summed E-state index contributed by atoms with van der Waals surface area (Å²) in [6.07, 6.45) is 2.98. The highest BCUT2D eigenvalue weighted by atomic mass is 16.5. The lowest BCUT2D eigenvalue weighted by Crippen LogP contribution is -2.41. The van der Waals surface area contributed by atoms with E-state index in [9.17, 15) is 14.7 Å². The van der Waals surface area contributed by atoms with Gasteiger partial charge in [-0.15, -0.1) is 0 Å². The van der Waals surface area contributed by atoms with Crippen molar-refractivity contribution in [2.45, 2.75) is 51.7 Å². The molecule has 1 aliphatic heterocycles. The fourth-order valence-electron chi connectivity index (χ4n) is 3.84. The predicted molar refractivity (Wildman–Crippen MR) is 115 cm³/mol. The molecule has 0 fully saturated rings. The van der Waals surface area contributed by atoms with Crippen molar-refractivity contribution in [2.24, 2.45) is 0 Å². The quantitative estimate of drug-likeness (QED) is 0.599. The van der Waals surface area contributed by atoms with E-state index < -0.39 is 11.5 Å². The van der Waals surface area contributed by atoms with Gasteiger partial charge in [0.1, 0.15) is 5.78 Å². The normalized spacial score (nSPS) is 17.7. The molecule has 2 aromatic rings. The van der Waals surface area contributed by atoms with Crippen LogP contribution < -0.4 is 14.4 Å². The van der Waals surface area contributed by atoms with Crippen LogP contribution in [0.1, 0.15) is 50.7 Å². The van der Waals surface area contributed by atoms with Crippen molar-refractivity contribution >= 4 is 17.4 Å². The lowest BCUT2D eigenvalue weighted by Gasteiger charge is -2.22. The van der Waals surface area contributed by atoms with Crippen LogP contribution in [0.4, 0.5) is 5.69 Å². The Hall–Kier alpha value is -2.86. The molecule has 0 saturated carbocycles. The Morgan fingerprint density at radius 3 is 2.60 bits per heavy atom. The van der Waals surface area contributed by atoms with Crippen LogP contribution in [0.25, 0.3) is 0 Å². The Bertz CT molecular complexity index is 926. The molecule has 1 N–H and O–H groups in total. The first-order chi connectivity index (χ1) is 14.4. The molecule has 30 heavy (non-hydrogen) atoms. The minimum atomic E-state index is -1.82. The molecule has 160 valence electrons. The van der Waals surface area contributed by atoms with Crippen molar-refractivity contribution in [3.05, 3.63) is 53.6 Å². The Labute approximate surface area is 177 Å². The Morgan fingerprint density at radius 1 is 1.13 bits per heavy atom. The minimum absolute atomic E-state index is 0.242. The highest BCUT2D eigenvalue weighted by molar-refractivity contribution is 6.08. The van der Waals surface area contributed by atoms with Gasteiger partial charge in [-0.05, 0) is 37.1 Å². The Morgan fingerprint density at radius 2 is 1.90 bits per heavy atom. The van der Waals surface area contributed by atoms with Gasteiger partial charge in [-0.3, -0.25) is 9.59 Å². The Balaban J connectivity index is 1.83. The number of ketones is 1. The lowest BCUT2D eigenvalue weighted by molar-refractivity contribution is -0.141. The monoisotopic (exact) mass is 411 g/mol. The van der Waals surface area contributed by atoms with Gasteiger partial charge in [0.25, 0.3) is 5.91 Å². The first-order valence-corrected chi connectivity index (χ1v) is 10.3. The molecule has 1 unspecified atom stereocenters. The van der Waals surface area contributed by atoms with Crippen molar-refractivity contribution < 1.29 is 24.2 Å². The van der Waals surface area contributed by atoms with E-state index >= 15 is 0 Å². The van der Waals surface area contributed by atoms with Crippen molar-refractivity contribution in [1.82, 2.24) is 0 Å². The number of carbonyl (C=O) groups is 2. The van der Waals surface area contributed by atoms with Gasteiger partial charge in [-0.25, -0.2) is 0 Å². The number of aliphatic hydroxyl groups is 1. The van der Waals surface area contributed by atoms with Gasteiger partial charge in [-0.1, -0.05) is 44.0 Å². The summed E-state index contributed by atoms with van der Waals surface area (Å²) in [7, 11) is 1.58. The summed E-state index contributed by atoms with van der Waals surface area (Å²) in [6, 6.07) is 12.6. The van der Waals surface area contributed by atoms with Crippen LogP contribution in [0.3, 0.4) is 0 Å². The number of amides is 1. The molecular formula is C24H29NO5. The molecule has 1 atom stereocenters. The SMILES string of the molecule is CCCCCOc1ccc(CN2C(=O)C(O)(CC(C)=O)c3ccccc32)cc1OC. The molecule has 6 heteroatoms. The average molecular weight is 411 g/mol. The van der Waals surface area contributed by atoms with E-state index in [1.165, 1.54) is 11.8 Å². The van der Waals surface area contributed by atoms with Gasteiger partial charge in [0.15, 0.2) is 17.1 Å². The molecule has 0 saturated heterocycles. The zero-order chi connectivity index (χ0) is 21.7. The maximum atomic E-state index is 13.1. The largest absolute Gasteiger partial charge is 0.493 e. The third-order valence-corrected chi connectivity index (χ3v) is 5.32. The highest BCUT2D eigenvalue weighted by Crippen LogP contribution is 2.43. The van der Waals surface area contributed by atoms with Gasteiger partial charge in [-0.2, -0.15) is 0 Å². The van der Waals surface area contributed by atoms with E-state index in [0.717, 1.165) is 24.8 Å². The van der Waals surface area contributed by atoms with Crippen molar-refractivity contribution in [3.63, 3.8) is 0 Å². The van der Waals surface area contributed by atoms with E-state index in [1.54, 1.807) is 25.3 Å². The van der Waals surface area contributed by atoms with Crippen LogP contribution in [0.15, 0.2) is 42.5 Å². The Kier molecular flexibility index (Phi) is 6.77. The molecule has 1 heterocycles. The highest BCUT2D eigenvalue weighted by Gasteiger charge is 2.50. The summed E-state index contributed by atoms with van der Waals surface area (Å²) < 4.78 is 11.3. The van der Waals surface area contributed by atoms with Crippen molar-refractivity contribution in [3.8, 4) is 11.5 Å². The number of fused-ring (bicyclic) bond motifs is 1. The topological polar surface area (TPSA) is 76.1 Å². The second-order valence-corrected chi connectivity index (χ2v) is 7.69. The minimum Gasteiger partial charge on any atom is -0.493 e. The van der Waals surface area contributed by atoms with E-state index in [2.05, 4.69) is 6.92 Å². The number of anilines is 1. The van der Waals surface area contributed by atoms with Gasteiger partial charge < -0.3 is 19.5 Å². The molecule has 0 bridgehead atoms. The summed E-state index contributed by atoms with van der Waals surface area (Å²) in [5.41, 5.74) is 0.0932. The number of Topliss-reactive ketones (excluding diaryl/α,β-unsaturated/α-hetero) is 1. The van der Waals surface area contributed by atoms with Crippen LogP contribution in [0.2, 0.25) is 0 Å². The summed E-state index contributed by atoms with van der Waals surface area (Å²) in [5, 5.41) is 11.1. The van der Waals surface area contributed by atoms with E-state index in [-0.39, 0.29) is 18.7 Å². The van der Waals surface area contributed by atoms with Gasteiger partial charge in [0.05, 0.1) is 25.9 Å². The third kappa shape index (κ3) is 4.33. The summed E-state index contributed by atoms with van der Waals surface area (Å²) in [5.74, 6) is 0.535. The van der Waals surface area contributed by atoms with Gasteiger partial charge in [0, 0.05) is 12.0 Å². The van der Waals surface area contributed by atoms with E-state index in [0.29, 0.717) is 29.4 Å². The molecule has 0 spiro atoms. The molecule has 0 aliphatic carbocycles. The fourth-order valence-corrected chi connectivity index (χ4v) is 3.84. The van der Waals surface area contributed by atoms with Crippen LogP contribution >= 0.6 is 0 Å². The number of para-hydroxylation sites is 1. The average Bonchev–Trinajstić information content (AvgIpc) is 2.93. The number of carbonyl (C=O) groups excluding carboxylic acids is 2. The first-order valence-electron chi connectivity index (χ1n) is 10.3. The standard InChI is InChI=1S/C24H29NO5/c1-4-5-8-13-30-21-12-11-18(14-22(21)29-3)16-25-20-10-7-6-9-19(20)24(28,23(25)27)15-17(2)26/h6-7,9-12,14,28H,4-5,8,13,15-16H2,1-3H3. The maximum Gasteiger partial charge on any atom is 0.264 e. The molecule has 0 aromatic heterocycles. The molecular weight excluding hydrogens is 382 g/mol. The first kappa shape index (κ1) is 21.8. The summed E-state index contributed by atoms with van der Waals surface area (Å²) in [4.78, 5) is 26.4. The molecule has 3 rings (SSSR count). The lowest BCUT2D eigenvalue weighted by atomic mass is 9.90. The number of rotatable bonds is 10. The second kappa shape index (κ2) is 9.30. The van der Waals surface area contributed by atoms with Crippen LogP contribution in [-0.4, -0.2) is 30.5 Å². The van der Waals surface area contributed by atoms with Crippen molar-refractivity contribution in [2.75, 3.05) is 18.6 Å². The zero-order valence-electron chi connectivity index (χ0n) is 17.8. The fraction of sp³-hybridized carbons (Fsp3) is 0.417. The molecule has 1 amide bonds. The molecule has 6 nitrogen and oxygen atoms in total. The number of benzene rings is 2. The van der Waals surface area contributed by atoms with Gasteiger partial charge >= 0.3 is 0 Å². The molecule has 2 aromatic carbocycles. The number of hydrogen-bond donors (Lipinski definition) is 1. The molecule has 1 aliphatic rings. The number of nitrogens with zero attached hydrogens (tertiary/aromatic N) is 1. The predicted octanol–water partition coefficient (Wildman–Crippen LogP) is 3.98. The smallest absolute Gasteiger partial charge is 0.264 e. The van der Waals surface area contributed by atoms with E-state index in [4.69, 9.17) is 9.47 Å². The zero-order valence-corrected chi connectivity index (χ0v) is 17.8. The van der Waals surface area contributed by atoms with Crippen LogP contribution in [0, 0.1) is 0 Å². The van der Waals surface area contributed by atoms with Gasteiger partial charge in [0.2, 0.25) is 0 Å². The number of unbranched alkanes of at least 4 members (excludes halogenated alkanes) is 2. The third-order valence-electron chi connectivity index (χ3n) is 5.32. The van der Waals surface area contributed by atoms with Crippen LogP contribution in [-0.2, 0) is 21.7 Å². The summed E-state index contributed by atoms with van der Waals surface area (Å²) in [6.45, 7) is 4.40. The molecule has 0 radical (unpaired) electrons. The second-order valence-electron chi connectivity index (χ2n) is 7.69. The van der Waals surface area contributed by atoms with Crippen LogP contribution in [0.5, 0.6) is 11.5 Å².